The average molecular weight is 248 g/mol. The lowest BCUT2D eigenvalue weighted by molar-refractivity contribution is 0.0590. The van der Waals surface area contributed by atoms with E-state index in [1.165, 1.54) is 7.11 Å². The zero-order chi connectivity index (χ0) is 13.6. The normalized spacial score (nSPS) is 11.6. The van der Waals surface area contributed by atoms with Crippen LogP contribution in [0.25, 0.3) is 0 Å². The molecule has 0 spiro atoms. The van der Waals surface area contributed by atoms with E-state index in [0.717, 1.165) is 6.42 Å². The van der Waals surface area contributed by atoms with Crippen LogP contribution in [0.4, 0.5) is 0 Å². The van der Waals surface area contributed by atoms with Crippen LogP contribution in [0.3, 0.4) is 0 Å². The van der Waals surface area contributed by atoms with Crippen molar-refractivity contribution < 1.29 is 14.3 Å². The first-order valence-electron chi connectivity index (χ1n) is 6.04. The number of hydrogen-bond donors (Lipinski definition) is 0. The Morgan fingerprint density at radius 2 is 2.00 bits per heavy atom. The Hall–Kier alpha value is -1.77. The molecule has 0 aliphatic heterocycles. The fourth-order valence-electron chi connectivity index (χ4n) is 1.55. The summed E-state index contributed by atoms with van der Waals surface area (Å²) in [4.78, 5) is 11.6. The lowest BCUT2D eigenvalue weighted by Gasteiger charge is -2.24. The van der Waals surface area contributed by atoms with Crippen LogP contribution < -0.4 is 4.74 Å². The van der Waals surface area contributed by atoms with Crippen molar-refractivity contribution in [1.82, 2.24) is 0 Å². The fourth-order valence-corrected chi connectivity index (χ4v) is 1.55. The predicted octanol–water partition coefficient (Wildman–Crippen LogP) is 3.60. The molecule has 1 aromatic carbocycles. The molecule has 1 rings (SSSR count). The van der Waals surface area contributed by atoms with Gasteiger partial charge in [-0.1, -0.05) is 25.1 Å². The van der Waals surface area contributed by atoms with Crippen molar-refractivity contribution in [3.8, 4) is 5.75 Å². The van der Waals surface area contributed by atoms with Gasteiger partial charge in [0.2, 0.25) is 0 Å². The van der Waals surface area contributed by atoms with Gasteiger partial charge in [0.25, 0.3) is 0 Å². The molecule has 0 radical (unpaired) electrons. The second-order valence-corrected chi connectivity index (χ2v) is 4.50. The largest absolute Gasteiger partial charge is 0.483 e. The second kappa shape index (κ2) is 6.24. The van der Waals surface area contributed by atoms with Gasteiger partial charge in [0.05, 0.1) is 7.11 Å². The third-order valence-electron chi connectivity index (χ3n) is 2.42. The van der Waals surface area contributed by atoms with E-state index in [-0.39, 0.29) is 5.97 Å². The van der Waals surface area contributed by atoms with Crippen LogP contribution in [0.2, 0.25) is 0 Å². The van der Waals surface area contributed by atoms with E-state index in [1.54, 1.807) is 18.2 Å². The maximum absolute atomic E-state index is 11.6. The van der Waals surface area contributed by atoms with Crippen LogP contribution >= 0.6 is 0 Å². The van der Waals surface area contributed by atoms with E-state index in [9.17, 15) is 4.79 Å². The van der Waals surface area contributed by atoms with E-state index in [4.69, 9.17) is 9.47 Å². The molecule has 0 amide bonds. The molecule has 0 unspecified atom stereocenters. The Labute approximate surface area is 108 Å². The molecule has 0 saturated carbocycles. The lowest BCUT2D eigenvalue weighted by atomic mass is 10.1. The number of carbonyl (C=O) groups excluding carboxylic acids is 1. The molecular formula is C15H20O3. The highest BCUT2D eigenvalue weighted by atomic mass is 16.5. The van der Waals surface area contributed by atoms with E-state index in [0.29, 0.717) is 11.3 Å². The van der Waals surface area contributed by atoms with Gasteiger partial charge in [-0.25, -0.2) is 4.79 Å². The van der Waals surface area contributed by atoms with Gasteiger partial charge >= 0.3 is 5.97 Å². The van der Waals surface area contributed by atoms with Crippen LogP contribution in [0.1, 0.15) is 37.6 Å². The molecule has 0 saturated heterocycles. The maximum Gasteiger partial charge on any atom is 0.341 e. The summed E-state index contributed by atoms with van der Waals surface area (Å²) < 4.78 is 10.6. The first kappa shape index (κ1) is 14.3. The Morgan fingerprint density at radius 3 is 2.61 bits per heavy atom. The third kappa shape index (κ3) is 3.91. The summed E-state index contributed by atoms with van der Waals surface area (Å²) in [6.07, 6.45) is 4.98. The highest BCUT2D eigenvalue weighted by Crippen LogP contribution is 2.24. The quantitative estimate of drug-likeness (QED) is 0.590. The van der Waals surface area contributed by atoms with Crippen molar-refractivity contribution in [1.29, 1.82) is 0 Å². The van der Waals surface area contributed by atoms with Crippen LogP contribution in [0, 0.1) is 0 Å². The summed E-state index contributed by atoms with van der Waals surface area (Å²) in [6.45, 7) is 5.97. The molecule has 3 heteroatoms. The standard InChI is InChI=1S/C15H20O3/c1-5-6-11-15(2,3)18-13-10-8-7-9-12(13)14(16)17-4/h6-11H,5H2,1-4H3/b11-6-. The van der Waals surface area contributed by atoms with E-state index >= 15 is 0 Å². The van der Waals surface area contributed by atoms with Crippen LogP contribution in [-0.4, -0.2) is 18.7 Å². The monoisotopic (exact) mass is 248 g/mol. The number of para-hydroxylation sites is 1. The molecule has 0 bridgehead atoms. The first-order valence-corrected chi connectivity index (χ1v) is 6.04. The molecule has 18 heavy (non-hydrogen) atoms. The molecule has 0 heterocycles. The van der Waals surface area contributed by atoms with Crippen LogP contribution in [-0.2, 0) is 4.74 Å². The van der Waals surface area contributed by atoms with Crippen LogP contribution in [0.5, 0.6) is 5.75 Å². The summed E-state index contributed by atoms with van der Waals surface area (Å²) in [5.41, 5.74) is -0.0156. The van der Waals surface area contributed by atoms with Gasteiger partial charge in [-0.15, -0.1) is 0 Å². The SMILES string of the molecule is CC/C=C\C(C)(C)Oc1ccccc1C(=O)OC. The minimum atomic E-state index is -0.458. The number of rotatable bonds is 5. The summed E-state index contributed by atoms with van der Waals surface area (Å²) >= 11 is 0. The molecule has 1 aromatic rings. The Kier molecular flexibility index (Phi) is 4.95. The molecule has 98 valence electrons. The summed E-state index contributed by atoms with van der Waals surface area (Å²) in [6, 6.07) is 7.09. The zero-order valence-corrected chi connectivity index (χ0v) is 11.4. The van der Waals surface area contributed by atoms with E-state index < -0.39 is 5.60 Å². The van der Waals surface area contributed by atoms with Gasteiger partial charge in [-0.05, 0) is 38.5 Å². The molecule has 3 nitrogen and oxygen atoms in total. The van der Waals surface area contributed by atoms with Gasteiger partial charge in [-0.2, -0.15) is 0 Å². The number of benzene rings is 1. The number of hydrogen-bond acceptors (Lipinski definition) is 3. The number of methoxy groups -OCH3 is 1. The molecular weight excluding hydrogens is 228 g/mol. The Bertz CT molecular complexity index is 433. The summed E-state index contributed by atoms with van der Waals surface area (Å²) in [5.74, 6) is 0.149. The number of carbonyl (C=O) groups is 1. The minimum Gasteiger partial charge on any atom is -0.483 e. The Balaban J connectivity index is 2.97. The first-order chi connectivity index (χ1) is 8.50. The second-order valence-electron chi connectivity index (χ2n) is 4.50. The van der Waals surface area contributed by atoms with Crippen molar-refractivity contribution in [2.24, 2.45) is 0 Å². The molecule has 0 fully saturated rings. The number of allylic oxidation sites excluding steroid dienone is 1. The van der Waals surface area contributed by atoms with Crippen molar-refractivity contribution in [2.45, 2.75) is 32.8 Å². The average Bonchev–Trinajstić information content (AvgIpc) is 2.36. The molecule has 0 aromatic heterocycles. The molecule has 0 aliphatic rings. The van der Waals surface area contributed by atoms with Gasteiger partial charge in [0.15, 0.2) is 0 Å². The summed E-state index contributed by atoms with van der Waals surface area (Å²) in [5, 5.41) is 0. The van der Waals surface area contributed by atoms with Gasteiger partial charge in [0, 0.05) is 0 Å². The van der Waals surface area contributed by atoms with Gasteiger partial charge in [0.1, 0.15) is 16.9 Å². The van der Waals surface area contributed by atoms with E-state index in [2.05, 4.69) is 6.92 Å². The smallest absolute Gasteiger partial charge is 0.341 e. The van der Waals surface area contributed by atoms with Crippen LogP contribution in [0.15, 0.2) is 36.4 Å². The molecule has 0 aliphatic carbocycles. The zero-order valence-electron chi connectivity index (χ0n) is 11.4. The lowest BCUT2D eigenvalue weighted by Crippen LogP contribution is -2.26. The van der Waals surface area contributed by atoms with E-state index in [1.807, 2.05) is 32.1 Å². The summed E-state index contributed by atoms with van der Waals surface area (Å²) in [7, 11) is 1.36. The molecule has 0 N–H and O–H groups in total. The third-order valence-corrected chi connectivity index (χ3v) is 2.42. The number of ether oxygens (including phenoxy) is 2. The maximum atomic E-state index is 11.6. The fraction of sp³-hybridized carbons (Fsp3) is 0.400. The predicted molar refractivity (Wildman–Crippen MR) is 71.9 cm³/mol. The highest BCUT2D eigenvalue weighted by molar-refractivity contribution is 5.92. The van der Waals surface area contributed by atoms with Crippen molar-refractivity contribution in [3.63, 3.8) is 0 Å². The minimum absolute atomic E-state index is 0.388. The Morgan fingerprint density at radius 1 is 1.33 bits per heavy atom. The van der Waals surface area contributed by atoms with Gasteiger partial charge in [-0.3, -0.25) is 0 Å². The highest BCUT2D eigenvalue weighted by Gasteiger charge is 2.20. The molecule has 0 atom stereocenters. The topological polar surface area (TPSA) is 35.5 Å². The van der Waals surface area contributed by atoms with Crippen molar-refractivity contribution >= 4 is 5.97 Å². The van der Waals surface area contributed by atoms with Crippen molar-refractivity contribution in [3.05, 3.63) is 42.0 Å². The van der Waals surface area contributed by atoms with Crippen molar-refractivity contribution in [2.75, 3.05) is 7.11 Å². The number of esters is 1. The van der Waals surface area contributed by atoms with Gasteiger partial charge < -0.3 is 9.47 Å².